The second kappa shape index (κ2) is 6.67. The maximum absolute atomic E-state index is 11.1. The fourth-order valence-corrected chi connectivity index (χ4v) is 4.22. The Hall–Kier alpha value is -0.670. The number of carbonyl (C=O) groups is 1. The fourth-order valence-electron chi connectivity index (χ4n) is 2.65. The molecule has 0 spiro atoms. The van der Waals surface area contributed by atoms with E-state index in [2.05, 4.69) is 6.92 Å². The standard InChI is InChI=1S/C15H19ClO2S/c1-2-10-4-3-5-11(8-10)19-12-6-7-14(16)13(9-12)15(17)18/h6-7,9-11H,2-5,8H2,1H3,(H,17,18). The highest BCUT2D eigenvalue weighted by molar-refractivity contribution is 8.00. The molecule has 1 aliphatic carbocycles. The molecule has 0 bridgehead atoms. The van der Waals surface area contributed by atoms with Gasteiger partial charge in [-0.2, -0.15) is 0 Å². The van der Waals surface area contributed by atoms with Gasteiger partial charge in [0.05, 0.1) is 10.6 Å². The molecule has 1 aromatic rings. The number of carboxylic acid groups (broad SMARTS) is 1. The van der Waals surface area contributed by atoms with Gasteiger partial charge in [-0.25, -0.2) is 4.79 Å². The van der Waals surface area contributed by atoms with Crippen molar-refractivity contribution in [3.63, 3.8) is 0 Å². The molecule has 19 heavy (non-hydrogen) atoms. The first kappa shape index (κ1) is 14.7. The molecule has 2 nitrogen and oxygen atoms in total. The van der Waals surface area contributed by atoms with Gasteiger partial charge in [-0.15, -0.1) is 11.8 Å². The summed E-state index contributed by atoms with van der Waals surface area (Å²) in [6.07, 6.45) is 6.35. The SMILES string of the molecule is CCC1CCCC(Sc2ccc(Cl)c(C(=O)O)c2)C1. The van der Waals surface area contributed by atoms with Crippen molar-refractivity contribution in [3.8, 4) is 0 Å². The molecular formula is C15H19ClO2S. The normalized spacial score (nSPS) is 23.3. The lowest BCUT2D eigenvalue weighted by Gasteiger charge is -2.28. The summed E-state index contributed by atoms with van der Waals surface area (Å²) in [5.41, 5.74) is 0.203. The summed E-state index contributed by atoms with van der Waals surface area (Å²) in [4.78, 5) is 12.1. The van der Waals surface area contributed by atoms with E-state index in [1.807, 2.05) is 6.07 Å². The van der Waals surface area contributed by atoms with Crippen molar-refractivity contribution in [2.24, 2.45) is 5.92 Å². The van der Waals surface area contributed by atoms with Crippen LogP contribution in [0.15, 0.2) is 23.1 Å². The first-order valence-electron chi connectivity index (χ1n) is 6.79. The molecular weight excluding hydrogens is 280 g/mol. The van der Waals surface area contributed by atoms with E-state index >= 15 is 0 Å². The molecule has 1 N–H and O–H groups in total. The second-order valence-electron chi connectivity index (χ2n) is 5.13. The minimum Gasteiger partial charge on any atom is -0.478 e. The maximum atomic E-state index is 11.1. The molecule has 1 aromatic carbocycles. The van der Waals surface area contributed by atoms with E-state index in [0.29, 0.717) is 10.3 Å². The van der Waals surface area contributed by atoms with Gasteiger partial charge >= 0.3 is 5.97 Å². The molecule has 4 heteroatoms. The minimum absolute atomic E-state index is 0.203. The zero-order valence-electron chi connectivity index (χ0n) is 11.1. The van der Waals surface area contributed by atoms with Gasteiger partial charge in [0.25, 0.3) is 0 Å². The van der Waals surface area contributed by atoms with Gasteiger partial charge in [0, 0.05) is 10.1 Å². The first-order chi connectivity index (χ1) is 9.10. The Morgan fingerprint density at radius 3 is 2.95 bits per heavy atom. The van der Waals surface area contributed by atoms with Crippen LogP contribution < -0.4 is 0 Å². The Balaban J connectivity index is 2.06. The molecule has 0 amide bonds. The first-order valence-corrected chi connectivity index (χ1v) is 8.05. The number of thioether (sulfide) groups is 1. The Bertz CT molecular complexity index is 461. The van der Waals surface area contributed by atoms with E-state index in [4.69, 9.17) is 16.7 Å². The zero-order valence-corrected chi connectivity index (χ0v) is 12.6. The summed E-state index contributed by atoms with van der Waals surface area (Å²) in [5, 5.41) is 10.0. The molecule has 0 saturated heterocycles. The van der Waals surface area contributed by atoms with Gasteiger partial charge < -0.3 is 5.11 Å². The molecule has 0 aliphatic heterocycles. The summed E-state index contributed by atoms with van der Waals surface area (Å²) in [7, 11) is 0. The highest BCUT2D eigenvalue weighted by Crippen LogP contribution is 2.38. The highest BCUT2D eigenvalue weighted by atomic mass is 35.5. The number of carboxylic acids is 1. The average molecular weight is 299 g/mol. The topological polar surface area (TPSA) is 37.3 Å². The lowest BCUT2D eigenvalue weighted by Crippen LogP contribution is -2.16. The zero-order chi connectivity index (χ0) is 13.8. The molecule has 2 rings (SSSR count). The Morgan fingerprint density at radius 1 is 1.47 bits per heavy atom. The van der Waals surface area contributed by atoms with Crippen LogP contribution in [-0.4, -0.2) is 16.3 Å². The van der Waals surface area contributed by atoms with Crippen LogP contribution in [0.25, 0.3) is 0 Å². The van der Waals surface area contributed by atoms with Crippen LogP contribution in [0.2, 0.25) is 5.02 Å². The number of halogens is 1. The van der Waals surface area contributed by atoms with E-state index in [9.17, 15) is 4.79 Å². The van der Waals surface area contributed by atoms with Gasteiger partial charge in [-0.3, -0.25) is 0 Å². The maximum Gasteiger partial charge on any atom is 0.337 e. The third kappa shape index (κ3) is 3.90. The van der Waals surface area contributed by atoms with Crippen LogP contribution in [0.1, 0.15) is 49.4 Å². The summed E-state index contributed by atoms with van der Waals surface area (Å²) in [5.74, 6) is -0.125. The van der Waals surface area contributed by atoms with Crippen molar-refractivity contribution in [2.75, 3.05) is 0 Å². The molecule has 104 valence electrons. The second-order valence-corrected chi connectivity index (χ2v) is 6.91. The summed E-state index contributed by atoms with van der Waals surface area (Å²) in [6, 6.07) is 5.31. The van der Waals surface area contributed by atoms with E-state index in [0.717, 1.165) is 10.8 Å². The van der Waals surface area contributed by atoms with Crippen LogP contribution in [-0.2, 0) is 0 Å². The van der Waals surface area contributed by atoms with Crippen molar-refractivity contribution in [1.82, 2.24) is 0 Å². The van der Waals surface area contributed by atoms with Crippen LogP contribution in [0.4, 0.5) is 0 Å². The van der Waals surface area contributed by atoms with Gasteiger partial charge in [-0.05, 0) is 37.0 Å². The van der Waals surface area contributed by atoms with Gasteiger partial charge in [-0.1, -0.05) is 37.8 Å². The third-order valence-electron chi connectivity index (χ3n) is 3.78. The van der Waals surface area contributed by atoms with Crippen molar-refractivity contribution in [1.29, 1.82) is 0 Å². The van der Waals surface area contributed by atoms with Gasteiger partial charge in [0.2, 0.25) is 0 Å². The number of hydrogen-bond acceptors (Lipinski definition) is 2. The summed E-state index contributed by atoms with van der Waals surface area (Å²) < 4.78 is 0. The molecule has 2 atom stereocenters. The number of aromatic carboxylic acids is 1. The quantitative estimate of drug-likeness (QED) is 0.840. The van der Waals surface area contributed by atoms with Crippen molar-refractivity contribution in [3.05, 3.63) is 28.8 Å². The average Bonchev–Trinajstić information content (AvgIpc) is 2.41. The number of benzene rings is 1. The van der Waals surface area contributed by atoms with Crippen LogP contribution in [0.3, 0.4) is 0 Å². The van der Waals surface area contributed by atoms with Crippen LogP contribution >= 0.6 is 23.4 Å². The molecule has 1 fully saturated rings. The van der Waals surface area contributed by atoms with Crippen molar-refractivity contribution >= 4 is 29.3 Å². The molecule has 0 heterocycles. The van der Waals surface area contributed by atoms with E-state index in [-0.39, 0.29) is 5.56 Å². The van der Waals surface area contributed by atoms with Gasteiger partial charge in [0.1, 0.15) is 0 Å². The van der Waals surface area contributed by atoms with Crippen LogP contribution in [0, 0.1) is 5.92 Å². The summed E-state index contributed by atoms with van der Waals surface area (Å²) >= 11 is 7.69. The monoisotopic (exact) mass is 298 g/mol. The van der Waals surface area contributed by atoms with Gasteiger partial charge in [0.15, 0.2) is 0 Å². The molecule has 0 radical (unpaired) electrons. The van der Waals surface area contributed by atoms with E-state index in [1.165, 1.54) is 32.1 Å². The van der Waals surface area contributed by atoms with Crippen molar-refractivity contribution < 1.29 is 9.90 Å². The van der Waals surface area contributed by atoms with E-state index < -0.39 is 5.97 Å². The molecule has 0 aromatic heterocycles. The molecule has 1 aliphatic rings. The lowest BCUT2D eigenvalue weighted by molar-refractivity contribution is 0.0697. The third-order valence-corrected chi connectivity index (χ3v) is 5.40. The van der Waals surface area contributed by atoms with E-state index in [1.54, 1.807) is 23.9 Å². The number of rotatable bonds is 4. The largest absolute Gasteiger partial charge is 0.478 e. The predicted molar refractivity (Wildman–Crippen MR) is 80.3 cm³/mol. The minimum atomic E-state index is -0.956. The highest BCUT2D eigenvalue weighted by Gasteiger charge is 2.22. The molecule has 2 unspecified atom stereocenters. The Labute approximate surface area is 123 Å². The lowest BCUT2D eigenvalue weighted by atomic mass is 9.87. The molecule has 1 saturated carbocycles. The smallest absolute Gasteiger partial charge is 0.337 e. The predicted octanol–water partition coefficient (Wildman–Crippen LogP) is 5.10. The Morgan fingerprint density at radius 2 is 2.26 bits per heavy atom. The summed E-state index contributed by atoms with van der Waals surface area (Å²) in [6.45, 7) is 2.25. The van der Waals surface area contributed by atoms with Crippen molar-refractivity contribution in [2.45, 2.75) is 49.2 Å². The van der Waals surface area contributed by atoms with Crippen LogP contribution in [0.5, 0.6) is 0 Å². The fraction of sp³-hybridized carbons (Fsp3) is 0.533. The number of hydrogen-bond donors (Lipinski definition) is 1. The Kier molecular flexibility index (Phi) is 5.17.